The number of para-hydroxylation sites is 2. The van der Waals surface area contributed by atoms with E-state index in [1.807, 2.05) is 32.0 Å². The normalized spacial score (nSPS) is 12.4. The lowest BCUT2D eigenvalue weighted by atomic mass is 10.1. The summed E-state index contributed by atoms with van der Waals surface area (Å²) in [7, 11) is 0. The van der Waals surface area contributed by atoms with Crippen molar-refractivity contribution in [2.75, 3.05) is 19.8 Å². The number of carbonyl (C=O) groups is 1. The lowest BCUT2D eigenvalue weighted by Crippen LogP contribution is -2.30. The number of ketones is 1. The van der Waals surface area contributed by atoms with Crippen LogP contribution < -0.4 is 14.8 Å². The number of rotatable bonds is 10. The molecule has 6 nitrogen and oxygen atoms in total. The van der Waals surface area contributed by atoms with E-state index >= 15 is 0 Å². The lowest BCUT2D eigenvalue weighted by molar-refractivity contribution is 0.103. The summed E-state index contributed by atoms with van der Waals surface area (Å²) in [6.45, 7) is 6.46. The van der Waals surface area contributed by atoms with E-state index in [1.165, 1.54) is 6.08 Å². The maximum absolute atomic E-state index is 12.2. The highest BCUT2D eigenvalue weighted by Gasteiger charge is 2.09. The molecule has 2 N–H and O–H groups in total. The van der Waals surface area contributed by atoms with Crippen LogP contribution in [-0.2, 0) is 0 Å². The predicted molar refractivity (Wildman–Crippen MR) is 104 cm³/mol. The molecule has 0 bridgehead atoms. The molecule has 1 heterocycles. The number of nitrogens with zero attached hydrogens (tertiary/aromatic N) is 1. The molecule has 0 aliphatic carbocycles. The van der Waals surface area contributed by atoms with Gasteiger partial charge in [0.2, 0.25) is 0 Å². The lowest BCUT2D eigenvalue weighted by Gasteiger charge is -2.16. The molecule has 144 valence electrons. The average Bonchev–Trinajstić information content (AvgIpc) is 2.66. The van der Waals surface area contributed by atoms with E-state index in [0.29, 0.717) is 29.4 Å². The van der Waals surface area contributed by atoms with Crippen LogP contribution in [0.2, 0.25) is 0 Å². The van der Waals surface area contributed by atoms with Gasteiger partial charge in [-0.05, 0) is 45.0 Å². The predicted octanol–water partition coefficient (Wildman–Crippen LogP) is 2.90. The Morgan fingerprint density at radius 1 is 1.22 bits per heavy atom. The first-order valence-electron chi connectivity index (χ1n) is 8.91. The summed E-state index contributed by atoms with van der Waals surface area (Å²) in [4.78, 5) is 16.3. The Morgan fingerprint density at radius 2 is 1.93 bits per heavy atom. The molecule has 0 saturated carbocycles. The van der Waals surface area contributed by atoms with Gasteiger partial charge in [-0.2, -0.15) is 0 Å². The van der Waals surface area contributed by atoms with Crippen molar-refractivity contribution in [2.45, 2.75) is 26.9 Å². The molecule has 2 aromatic rings. The van der Waals surface area contributed by atoms with E-state index in [9.17, 15) is 9.90 Å². The number of carbonyl (C=O) groups excluding carboxylic acids is 1. The second kappa shape index (κ2) is 10.3. The zero-order valence-corrected chi connectivity index (χ0v) is 15.9. The van der Waals surface area contributed by atoms with Gasteiger partial charge in [-0.25, -0.2) is 0 Å². The van der Waals surface area contributed by atoms with Gasteiger partial charge in [0.1, 0.15) is 12.7 Å². The van der Waals surface area contributed by atoms with Crippen LogP contribution in [-0.4, -0.2) is 41.7 Å². The largest absolute Gasteiger partial charge is 0.490 e. The van der Waals surface area contributed by atoms with Gasteiger partial charge in [-0.15, -0.1) is 0 Å². The van der Waals surface area contributed by atoms with Gasteiger partial charge in [0, 0.05) is 35.8 Å². The number of hydrogen-bond acceptors (Lipinski definition) is 6. The van der Waals surface area contributed by atoms with Crippen molar-refractivity contribution in [2.24, 2.45) is 0 Å². The first kappa shape index (κ1) is 20.5. The van der Waals surface area contributed by atoms with Crippen LogP contribution in [0.1, 0.15) is 29.9 Å². The number of hydrogen-bond donors (Lipinski definition) is 2. The molecule has 0 amide bonds. The molecule has 1 unspecified atom stereocenters. The highest BCUT2D eigenvalue weighted by molar-refractivity contribution is 6.04. The fourth-order valence-corrected chi connectivity index (χ4v) is 2.31. The highest BCUT2D eigenvalue weighted by Crippen LogP contribution is 2.26. The van der Waals surface area contributed by atoms with E-state index in [2.05, 4.69) is 10.3 Å². The highest BCUT2D eigenvalue weighted by atomic mass is 16.5. The van der Waals surface area contributed by atoms with Gasteiger partial charge in [0.15, 0.2) is 17.3 Å². The second-order valence-electron chi connectivity index (χ2n) is 6.11. The number of aliphatic hydroxyl groups is 1. The Balaban J connectivity index is 1.81. The van der Waals surface area contributed by atoms with Gasteiger partial charge < -0.3 is 19.9 Å². The number of aliphatic hydroxyl groups excluding tert-OH is 1. The van der Waals surface area contributed by atoms with Crippen molar-refractivity contribution in [3.8, 4) is 11.5 Å². The fourth-order valence-electron chi connectivity index (χ4n) is 2.31. The molecule has 1 atom stereocenters. The Morgan fingerprint density at radius 3 is 2.56 bits per heavy atom. The molecular formula is C21H26N2O4. The van der Waals surface area contributed by atoms with Crippen LogP contribution in [0.5, 0.6) is 11.5 Å². The Bertz CT molecular complexity index is 772. The zero-order chi connectivity index (χ0) is 19.6. The maximum Gasteiger partial charge on any atom is 0.189 e. The summed E-state index contributed by atoms with van der Waals surface area (Å²) in [5.74, 6) is 1.10. The molecule has 0 aliphatic heterocycles. The zero-order valence-electron chi connectivity index (χ0n) is 15.9. The van der Waals surface area contributed by atoms with Crippen LogP contribution in [0.25, 0.3) is 0 Å². The van der Waals surface area contributed by atoms with E-state index in [1.54, 1.807) is 31.3 Å². The number of benzene rings is 1. The first-order chi connectivity index (χ1) is 13.0. The maximum atomic E-state index is 12.2. The number of aryl methyl sites for hydroxylation is 1. The fraction of sp³-hybridized carbons (Fsp3) is 0.333. The molecule has 27 heavy (non-hydrogen) atoms. The molecule has 0 radical (unpaired) electrons. The van der Waals surface area contributed by atoms with Gasteiger partial charge >= 0.3 is 0 Å². The number of pyridine rings is 1. The number of ether oxygens (including phenoxy) is 2. The molecule has 1 aromatic carbocycles. The minimum atomic E-state index is -0.737. The Hall–Kier alpha value is -2.86. The third-order valence-electron chi connectivity index (χ3n) is 3.74. The SMILES string of the molecule is CCOc1ccccc1OCC(O)CNC(C)=CC(=O)c1ccc(C)nc1. The summed E-state index contributed by atoms with van der Waals surface area (Å²) >= 11 is 0. The number of allylic oxidation sites excluding steroid dienone is 2. The molecule has 0 spiro atoms. The second-order valence-corrected chi connectivity index (χ2v) is 6.11. The van der Waals surface area contributed by atoms with Gasteiger partial charge in [0.25, 0.3) is 0 Å². The van der Waals surface area contributed by atoms with Crippen LogP contribution in [0.3, 0.4) is 0 Å². The summed E-state index contributed by atoms with van der Waals surface area (Å²) in [5, 5.41) is 13.1. The molecular weight excluding hydrogens is 344 g/mol. The third kappa shape index (κ3) is 6.75. The summed E-state index contributed by atoms with van der Waals surface area (Å²) in [6, 6.07) is 10.9. The standard InChI is InChI=1S/C21H26N2O4/c1-4-26-20-7-5-6-8-21(20)27-14-18(24)13-23-16(3)11-19(25)17-10-9-15(2)22-12-17/h5-12,18,23-24H,4,13-14H2,1-3H3. The van der Waals surface area contributed by atoms with E-state index < -0.39 is 6.10 Å². The first-order valence-corrected chi connectivity index (χ1v) is 8.91. The molecule has 2 rings (SSSR count). The topological polar surface area (TPSA) is 80.7 Å². The quantitative estimate of drug-likeness (QED) is 0.494. The van der Waals surface area contributed by atoms with Crippen molar-refractivity contribution in [3.63, 3.8) is 0 Å². The van der Waals surface area contributed by atoms with Crippen molar-refractivity contribution in [1.29, 1.82) is 0 Å². The van der Waals surface area contributed by atoms with Crippen molar-refractivity contribution in [1.82, 2.24) is 10.3 Å². The van der Waals surface area contributed by atoms with Crippen LogP contribution in [0.15, 0.2) is 54.4 Å². The Labute approximate surface area is 159 Å². The van der Waals surface area contributed by atoms with E-state index in [0.717, 1.165) is 5.69 Å². The average molecular weight is 370 g/mol. The molecule has 0 fully saturated rings. The van der Waals surface area contributed by atoms with Crippen LogP contribution >= 0.6 is 0 Å². The minimum absolute atomic E-state index is 0.111. The molecule has 0 saturated heterocycles. The van der Waals surface area contributed by atoms with Crippen LogP contribution in [0.4, 0.5) is 0 Å². The third-order valence-corrected chi connectivity index (χ3v) is 3.74. The molecule has 1 aromatic heterocycles. The molecule has 6 heteroatoms. The summed E-state index contributed by atoms with van der Waals surface area (Å²) in [6.07, 6.45) is 2.31. The van der Waals surface area contributed by atoms with Gasteiger partial charge in [-0.3, -0.25) is 9.78 Å². The Kier molecular flexibility index (Phi) is 7.82. The number of nitrogens with one attached hydrogen (secondary N) is 1. The van der Waals surface area contributed by atoms with Gasteiger partial charge in [-0.1, -0.05) is 12.1 Å². The summed E-state index contributed by atoms with van der Waals surface area (Å²) < 4.78 is 11.1. The van der Waals surface area contributed by atoms with Crippen molar-refractivity contribution in [3.05, 3.63) is 65.6 Å². The van der Waals surface area contributed by atoms with E-state index in [4.69, 9.17) is 9.47 Å². The minimum Gasteiger partial charge on any atom is -0.490 e. The van der Waals surface area contributed by atoms with Gasteiger partial charge in [0.05, 0.1) is 6.61 Å². The number of aromatic nitrogens is 1. The van der Waals surface area contributed by atoms with E-state index in [-0.39, 0.29) is 18.9 Å². The monoisotopic (exact) mass is 370 g/mol. The van der Waals surface area contributed by atoms with Crippen molar-refractivity contribution < 1.29 is 19.4 Å². The van der Waals surface area contributed by atoms with Crippen molar-refractivity contribution >= 4 is 5.78 Å². The summed E-state index contributed by atoms with van der Waals surface area (Å²) in [5.41, 5.74) is 2.05. The van der Waals surface area contributed by atoms with Crippen LogP contribution in [0, 0.1) is 6.92 Å². The smallest absolute Gasteiger partial charge is 0.189 e. The molecule has 0 aliphatic rings.